The molecule has 0 rings (SSSR count). The summed E-state index contributed by atoms with van der Waals surface area (Å²) in [7, 11) is 0. The van der Waals surface area contributed by atoms with Crippen molar-refractivity contribution in [2.75, 3.05) is 26.4 Å². The lowest BCUT2D eigenvalue weighted by atomic mass is 10.2. The molecule has 0 spiro atoms. The number of hydrogen-bond donors (Lipinski definition) is 1. The van der Waals surface area contributed by atoms with Crippen LogP contribution in [0.15, 0.2) is 0 Å². The molecule has 1 N–H and O–H groups in total. The normalized spacial score (nSPS) is 10.1. The zero-order chi connectivity index (χ0) is 11.7. The van der Waals surface area contributed by atoms with E-state index in [0.29, 0.717) is 19.1 Å². The Morgan fingerprint density at radius 3 is 2.47 bits per heavy atom. The topological polar surface area (TPSA) is 64.6 Å². The van der Waals surface area contributed by atoms with E-state index in [1.165, 1.54) is 0 Å². The maximum absolute atomic E-state index is 11.0. The van der Waals surface area contributed by atoms with Crippen LogP contribution in [0, 0.1) is 5.92 Å². The Labute approximate surface area is 90.1 Å². The van der Waals surface area contributed by atoms with Crippen LogP contribution >= 0.6 is 0 Å². The monoisotopic (exact) mass is 217 g/mol. The second-order valence-electron chi connectivity index (χ2n) is 3.52. The number of esters is 1. The van der Waals surface area contributed by atoms with Crippen molar-refractivity contribution < 1.29 is 19.1 Å². The van der Waals surface area contributed by atoms with Crippen molar-refractivity contribution in [3.63, 3.8) is 0 Å². The van der Waals surface area contributed by atoms with E-state index in [4.69, 9.17) is 9.47 Å². The summed E-state index contributed by atoms with van der Waals surface area (Å²) in [6.45, 7) is 6.36. The molecule has 88 valence electrons. The molecule has 0 aliphatic rings. The molecule has 0 unspecified atom stereocenters. The van der Waals surface area contributed by atoms with Crippen molar-refractivity contribution in [3.05, 3.63) is 0 Å². The zero-order valence-electron chi connectivity index (χ0n) is 9.54. The van der Waals surface area contributed by atoms with Crippen molar-refractivity contribution in [1.29, 1.82) is 0 Å². The first-order valence-corrected chi connectivity index (χ1v) is 5.06. The Kier molecular flexibility index (Phi) is 7.62. The molecular formula is C10H19NO4. The minimum absolute atomic E-state index is 0.107. The molecule has 0 aliphatic heterocycles. The summed E-state index contributed by atoms with van der Waals surface area (Å²) >= 11 is 0. The van der Waals surface area contributed by atoms with E-state index >= 15 is 0 Å². The van der Waals surface area contributed by atoms with Gasteiger partial charge in [-0.3, -0.25) is 4.79 Å². The molecule has 0 aromatic rings. The number of carbonyl (C=O) groups excluding carboxylic acids is 2. The Bertz CT molecular complexity index is 204. The van der Waals surface area contributed by atoms with Crippen LogP contribution in [-0.2, 0) is 19.1 Å². The summed E-state index contributed by atoms with van der Waals surface area (Å²) in [6, 6.07) is 0. The molecule has 15 heavy (non-hydrogen) atoms. The fraction of sp³-hybridized carbons (Fsp3) is 0.800. The predicted octanol–water partition coefficient (Wildman–Crippen LogP) is 0.338. The van der Waals surface area contributed by atoms with E-state index in [-0.39, 0.29) is 19.1 Å². The Balaban J connectivity index is 3.42. The Morgan fingerprint density at radius 2 is 1.93 bits per heavy atom. The van der Waals surface area contributed by atoms with E-state index in [2.05, 4.69) is 5.32 Å². The van der Waals surface area contributed by atoms with Crippen molar-refractivity contribution in [2.24, 2.45) is 5.92 Å². The van der Waals surface area contributed by atoms with Gasteiger partial charge in [0.2, 0.25) is 5.91 Å². The SMILES string of the molecule is CCNC(=O)COCC(=O)OCC(C)C. The van der Waals surface area contributed by atoms with Crippen molar-refractivity contribution in [1.82, 2.24) is 5.32 Å². The standard InChI is InChI=1S/C10H19NO4/c1-4-11-9(12)6-14-7-10(13)15-5-8(2)3/h8H,4-7H2,1-3H3,(H,11,12). The number of carbonyl (C=O) groups is 2. The van der Waals surface area contributed by atoms with Crippen molar-refractivity contribution >= 4 is 11.9 Å². The largest absolute Gasteiger partial charge is 0.464 e. The molecule has 0 aliphatic carbocycles. The van der Waals surface area contributed by atoms with Crippen LogP contribution in [0.5, 0.6) is 0 Å². The van der Waals surface area contributed by atoms with Crippen LogP contribution in [0.4, 0.5) is 0 Å². The van der Waals surface area contributed by atoms with Gasteiger partial charge >= 0.3 is 5.97 Å². The highest BCUT2D eigenvalue weighted by atomic mass is 16.6. The molecular weight excluding hydrogens is 198 g/mol. The number of nitrogens with one attached hydrogen (secondary N) is 1. The van der Waals surface area contributed by atoms with Gasteiger partial charge in [0.25, 0.3) is 0 Å². The van der Waals surface area contributed by atoms with Crippen LogP contribution in [0.3, 0.4) is 0 Å². The van der Waals surface area contributed by atoms with Crippen LogP contribution in [0.1, 0.15) is 20.8 Å². The smallest absolute Gasteiger partial charge is 0.332 e. The Hall–Kier alpha value is -1.10. The average Bonchev–Trinajstić information content (AvgIpc) is 2.15. The molecule has 0 aromatic carbocycles. The molecule has 5 nitrogen and oxygen atoms in total. The van der Waals surface area contributed by atoms with E-state index in [1.807, 2.05) is 20.8 Å². The first kappa shape index (κ1) is 13.9. The van der Waals surface area contributed by atoms with E-state index in [0.717, 1.165) is 0 Å². The van der Waals surface area contributed by atoms with Gasteiger partial charge in [-0.25, -0.2) is 4.79 Å². The number of ether oxygens (including phenoxy) is 2. The number of rotatable bonds is 7. The average molecular weight is 217 g/mol. The third kappa shape index (κ3) is 9.21. The molecule has 1 amide bonds. The van der Waals surface area contributed by atoms with Crippen LogP contribution in [0.25, 0.3) is 0 Å². The van der Waals surface area contributed by atoms with Gasteiger partial charge in [-0.05, 0) is 12.8 Å². The molecule has 0 saturated carbocycles. The molecule has 0 atom stereocenters. The Morgan fingerprint density at radius 1 is 1.27 bits per heavy atom. The van der Waals surface area contributed by atoms with Crippen molar-refractivity contribution in [3.8, 4) is 0 Å². The highest BCUT2D eigenvalue weighted by Gasteiger charge is 2.06. The van der Waals surface area contributed by atoms with Gasteiger partial charge in [0.05, 0.1) is 6.61 Å². The molecule has 5 heteroatoms. The van der Waals surface area contributed by atoms with Crippen LogP contribution < -0.4 is 5.32 Å². The molecule has 0 bridgehead atoms. The third-order valence-corrected chi connectivity index (χ3v) is 1.40. The first-order chi connectivity index (χ1) is 7.06. The van der Waals surface area contributed by atoms with Gasteiger partial charge in [-0.15, -0.1) is 0 Å². The number of amides is 1. The lowest BCUT2D eigenvalue weighted by Gasteiger charge is -2.07. The molecule has 0 radical (unpaired) electrons. The lowest BCUT2D eigenvalue weighted by molar-refractivity contribution is -0.150. The highest BCUT2D eigenvalue weighted by Crippen LogP contribution is 1.93. The second kappa shape index (κ2) is 8.23. The third-order valence-electron chi connectivity index (χ3n) is 1.40. The number of likely N-dealkylation sites (N-methyl/N-ethyl adjacent to an activating group) is 1. The summed E-state index contributed by atoms with van der Waals surface area (Å²) in [5.74, 6) is -0.362. The van der Waals surface area contributed by atoms with Crippen molar-refractivity contribution in [2.45, 2.75) is 20.8 Å². The quantitative estimate of drug-likeness (QED) is 0.624. The summed E-state index contributed by atoms with van der Waals surface area (Å²) in [5.41, 5.74) is 0. The predicted molar refractivity (Wildman–Crippen MR) is 55.3 cm³/mol. The maximum atomic E-state index is 11.0. The van der Waals surface area contributed by atoms with Crippen LogP contribution in [-0.4, -0.2) is 38.2 Å². The summed E-state index contributed by atoms with van der Waals surface area (Å²) in [4.78, 5) is 21.9. The molecule has 0 saturated heterocycles. The van der Waals surface area contributed by atoms with E-state index in [1.54, 1.807) is 0 Å². The molecule has 0 fully saturated rings. The first-order valence-electron chi connectivity index (χ1n) is 5.06. The summed E-state index contributed by atoms with van der Waals surface area (Å²) in [5, 5.41) is 2.55. The minimum Gasteiger partial charge on any atom is -0.464 e. The highest BCUT2D eigenvalue weighted by molar-refractivity contribution is 5.77. The van der Waals surface area contributed by atoms with Gasteiger partial charge in [-0.1, -0.05) is 13.8 Å². The lowest BCUT2D eigenvalue weighted by Crippen LogP contribution is -2.28. The summed E-state index contributed by atoms with van der Waals surface area (Å²) in [6.07, 6.45) is 0. The van der Waals surface area contributed by atoms with Gasteiger partial charge in [-0.2, -0.15) is 0 Å². The van der Waals surface area contributed by atoms with Crippen LogP contribution in [0.2, 0.25) is 0 Å². The van der Waals surface area contributed by atoms with Gasteiger partial charge in [0.15, 0.2) is 0 Å². The fourth-order valence-corrected chi connectivity index (χ4v) is 0.777. The van der Waals surface area contributed by atoms with Gasteiger partial charge in [0, 0.05) is 6.54 Å². The molecule has 0 heterocycles. The fourth-order valence-electron chi connectivity index (χ4n) is 0.777. The minimum atomic E-state index is -0.437. The van der Waals surface area contributed by atoms with Gasteiger partial charge < -0.3 is 14.8 Å². The van der Waals surface area contributed by atoms with Gasteiger partial charge in [0.1, 0.15) is 13.2 Å². The number of hydrogen-bond acceptors (Lipinski definition) is 4. The van der Waals surface area contributed by atoms with E-state index in [9.17, 15) is 9.59 Å². The zero-order valence-corrected chi connectivity index (χ0v) is 9.54. The molecule has 0 aromatic heterocycles. The summed E-state index contributed by atoms with van der Waals surface area (Å²) < 4.78 is 9.71. The second-order valence-corrected chi connectivity index (χ2v) is 3.52. The van der Waals surface area contributed by atoms with E-state index < -0.39 is 5.97 Å². The maximum Gasteiger partial charge on any atom is 0.332 e.